The van der Waals surface area contributed by atoms with Crippen LogP contribution in [0.4, 0.5) is 0 Å². The molecule has 4 rings (SSSR count). The van der Waals surface area contributed by atoms with Crippen LogP contribution in [0.3, 0.4) is 0 Å². The maximum atomic E-state index is 14.1. The van der Waals surface area contributed by atoms with Crippen LogP contribution in [0.1, 0.15) is 44.9 Å². The molecule has 1 aliphatic heterocycles. The van der Waals surface area contributed by atoms with E-state index in [0.29, 0.717) is 65.9 Å². The molecule has 2 heterocycles. The fourth-order valence-corrected chi connectivity index (χ4v) is 6.54. The summed E-state index contributed by atoms with van der Waals surface area (Å²) in [5.41, 5.74) is 1.47. The third kappa shape index (κ3) is 7.53. The molecule has 0 aliphatic carbocycles. The number of benzene rings is 2. The predicted octanol–water partition coefficient (Wildman–Crippen LogP) is 3.65. The zero-order valence-electron chi connectivity index (χ0n) is 25.9. The van der Waals surface area contributed by atoms with Crippen LogP contribution >= 0.6 is 33.9 Å². The zero-order chi connectivity index (χ0) is 33.4. The number of carbonyl (C=O) groups is 2. The largest absolute Gasteiger partial charge is 0.490 e. The van der Waals surface area contributed by atoms with Crippen molar-refractivity contribution in [3.8, 4) is 29.1 Å². The quantitative estimate of drug-likeness (QED) is 0.187. The molecular weight excluding hydrogens is 729 g/mol. The second kappa shape index (κ2) is 15.8. The normalized spacial score (nSPS) is 14.1. The molecule has 0 bridgehead atoms. The number of thiazole rings is 1. The van der Waals surface area contributed by atoms with Crippen molar-refractivity contribution < 1.29 is 38.0 Å². The van der Waals surface area contributed by atoms with Gasteiger partial charge >= 0.3 is 11.9 Å². The fraction of sp³-hybridized carbons (Fsp3) is 0.344. The van der Waals surface area contributed by atoms with Gasteiger partial charge in [0.25, 0.3) is 5.56 Å². The number of aromatic nitrogens is 1. The second-order valence-corrected chi connectivity index (χ2v) is 11.7. The summed E-state index contributed by atoms with van der Waals surface area (Å²) in [7, 11) is 1.26. The van der Waals surface area contributed by atoms with Crippen molar-refractivity contribution in [2.75, 3.05) is 40.1 Å². The Labute approximate surface area is 282 Å². The van der Waals surface area contributed by atoms with Crippen LogP contribution in [0.5, 0.6) is 23.0 Å². The van der Waals surface area contributed by atoms with Gasteiger partial charge in [0.2, 0.25) is 0 Å². The predicted molar refractivity (Wildman–Crippen MR) is 177 cm³/mol. The molecule has 242 valence electrons. The first-order valence-corrected chi connectivity index (χ1v) is 16.2. The van der Waals surface area contributed by atoms with Crippen molar-refractivity contribution in [2.24, 2.45) is 4.99 Å². The average molecular weight is 762 g/mol. The van der Waals surface area contributed by atoms with Gasteiger partial charge in [-0.2, -0.15) is 5.26 Å². The van der Waals surface area contributed by atoms with Crippen molar-refractivity contribution >= 4 is 51.9 Å². The number of esters is 2. The molecule has 0 N–H and O–H groups in total. The van der Waals surface area contributed by atoms with Gasteiger partial charge in [-0.1, -0.05) is 17.4 Å². The molecule has 14 heteroatoms. The number of ether oxygens (including phenoxy) is 6. The Balaban J connectivity index is 1.90. The summed E-state index contributed by atoms with van der Waals surface area (Å²) in [5.74, 6) is 0.343. The van der Waals surface area contributed by atoms with Crippen LogP contribution in [-0.4, -0.2) is 56.6 Å². The molecule has 0 spiro atoms. The van der Waals surface area contributed by atoms with Gasteiger partial charge < -0.3 is 28.4 Å². The van der Waals surface area contributed by atoms with Gasteiger partial charge in [-0.25, -0.2) is 14.6 Å². The number of nitriles is 1. The Bertz CT molecular complexity index is 1890. The van der Waals surface area contributed by atoms with E-state index >= 15 is 0 Å². The third-order valence-electron chi connectivity index (χ3n) is 6.58. The number of rotatable bonds is 13. The minimum absolute atomic E-state index is 0.131. The Morgan fingerprint density at radius 2 is 1.78 bits per heavy atom. The molecule has 12 nitrogen and oxygen atoms in total. The van der Waals surface area contributed by atoms with Crippen LogP contribution in [0.25, 0.3) is 6.08 Å². The van der Waals surface area contributed by atoms with Crippen LogP contribution in [0, 0.1) is 14.9 Å². The van der Waals surface area contributed by atoms with Crippen molar-refractivity contribution in [2.45, 2.75) is 33.7 Å². The number of methoxy groups -OCH3 is 1. The van der Waals surface area contributed by atoms with Gasteiger partial charge in [-0.05, 0) is 91.8 Å². The topological polar surface area (TPSA) is 148 Å². The third-order valence-corrected chi connectivity index (χ3v) is 8.37. The Kier molecular flexibility index (Phi) is 11.8. The molecule has 0 unspecified atom stereocenters. The van der Waals surface area contributed by atoms with Crippen molar-refractivity contribution in [1.29, 1.82) is 5.26 Å². The summed E-state index contributed by atoms with van der Waals surface area (Å²) < 4.78 is 35.4. The van der Waals surface area contributed by atoms with Crippen molar-refractivity contribution in [1.82, 2.24) is 4.57 Å². The maximum absolute atomic E-state index is 14.1. The molecule has 0 saturated carbocycles. The number of fused-ring (bicyclic) bond motifs is 1. The number of hydrogen-bond donors (Lipinski definition) is 0. The number of hydrogen-bond acceptors (Lipinski definition) is 12. The summed E-state index contributed by atoms with van der Waals surface area (Å²) in [6.07, 6.45) is 1.72. The summed E-state index contributed by atoms with van der Waals surface area (Å²) in [6, 6.07) is 9.61. The summed E-state index contributed by atoms with van der Waals surface area (Å²) in [6.45, 7) is 7.37. The van der Waals surface area contributed by atoms with E-state index in [0.717, 1.165) is 0 Å². The van der Waals surface area contributed by atoms with E-state index in [4.69, 9.17) is 28.9 Å². The lowest BCUT2D eigenvalue weighted by molar-refractivity contribution is -0.143. The van der Waals surface area contributed by atoms with Gasteiger partial charge in [0.05, 0.1) is 52.3 Å². The standard InChI is InChI=1S/C32H32IN3O9S/c1-6-41-23-16-20(9-10-22(23)45-17-26(37)40-5)28-27(31(39)43-8-3)18(4)35-32-36(28)30(38)25(46-32)15-19-13-21(33)29(44-12-11-34)24(14-19)42-7-2/h9-10,13-16,28H,6-8,12,17H2,1-5H3/b25-15-/t28-/m1/s1. The lowest BCUT2D eigenvalue weighted by Crippen LogP contribution is -2.40. The van der Waals surface area contributed by atoms with Crippen LogP contribution in [0.2, 0.25) is 0 Å². The van der Waals surface area contributed by atoms with Gasteiger partial charge in [-0.3, -0.25) is 9.36 Å². The monoisotopic (exact) mass is 761 g/mol. The molecule has 46 heavy (non-hydrogen) atoms. The van der Waals surface area contributed by atoms with Crippen molar-refractivity contribution in [3.05, 3.63) is 76.0 Å². The molecule has 1 atom stereocenters. The average Bonchev–Trinajstić information content (AvgIpc) is 3.33. The number of nitrogens with zero attached hydrogens (tertiary/aromatic N) is 3. The highest BCUT2D eigenvalue weighted by atomic mass is 127. The summed E-state index contributed by atoms with van der Waals surface area (Å²) in [5, 5.41) is 8.98. The molecule has 0 amide bonds. The minimum atomic E-state index is -0.896. The van der Waals surface area contributed by atoms with Gasteiger partial charge in [0.1, 0.15) is 6.07 Å². The lowest BCUT2D eigenvalue weighted by atomic mass is 9.95. The lowest BCUT2D eigenvalue weighted by Gasteiger charge is -2.25. The van der Waals surface area contributed by atoms with Crippen molar-refractivity contribution in [3.63, 3.8) is 0 Å². The molecular formula is C32H32IN3O9S. The van der Waals surface area contributed by atoms with E-state index in [1.165, 1.54) is 23.0 Å². The van der Waals surface area contributed by atoms with Gasteiger partial charge in [-0.15, -0.1) is 0 Å². The number of halogens is 1. The molecule has 0 fully saturated rings. The smallest absolute Gasteiger partial charge is 0.343 e. The first-order valence-electron chi connectivity index (χ1n) is 14.3. The van der Waals surface area contributed by atoms with Crippen LogP contribution < -0.4 is 33.8 Å². The van der Waals surface area contributed by atoms with E-state index in [9.17, 15) is 14.4 Å². The van der Waals surface area contributed by atoms with E-state index in [1.807, 2.05) is 19.1 Å². The fourth-order valence-electron chi connectivity index (χ4n) is 4.71. The van der Waals surface area contributed by atoms with E-state index in [2.05, 4.69) is 32.3 Å². The Hall–Kier alpha value is -4.36. The SMILES string of the molecule is CCOC(=O)C1=C(C)N=c2s/c(=C\c3cc(I)c(OCC#N)c(OCC)c3)c(=O)n2[C@@H]1c1ccc(OCC(=O)OC)c(OCC)c1. The summed E-state index contributed by atoms with van der Waals surface area (Å²) in [4.78, 5) is 44.2. The van der Waals surface area contributed by atoms with Crippen LogP contribution in [0.15, 0.2) is 51.4 Å². The Morgan fingerprint density at radius 1 is 1.04 bits per heavy atom. The van der Waals surface area contributed by atoms with E-state index in [1.54, 1.807) is 51.1 Å². The highest BCUT2D eigenvalue weighted by molar-refractivity contribution is 14.1. The zero-order valence-corrected chi connectivity index (χ0v) is 28.9. The Morgan fingerprint density at radius 3 is 2.46 bits per heavy atom. The molecule has 0 saturated heterocycles. The molecule has 1 aromatic heterocycles. The molecule has 0 radical (unpaired) electrons. The molecule has 2 aromatic carbocycles. The van der Waals surface area contributed by atoms with E-state index < -0.39 is 18.0 Å². The highest BCUT2D eigenvalue weighted by Gasteiger charge is 2.34. The van der Waals surface area contributed by atoms with Gasteiger partial charge in [0, 0.05) is 0 Å². The first kappa shape index (κ1) is 34.5. The van der Waals surface area contributed by atoms with E-state index in [-0.39, 0.29) is 31.0 Å². The molecule has 1 aliphatic rings. The van der Waals surface area contributed by atoms with Gasteiger partial charge in [0.15, 0.2) is 41.0 Å². The minimum Gasteiger partial charge on any atom is -0.490 e. The number of allylic oxidation sites excluding steroid dienone is 1. The second-order valence-electron chi connectivity index (χ2n) is 9.52. The molecule has 3 aromatic rings. The first-order chi connectivity index (χ1) is 22.2. The van der Waals surface area contributed by atoms with Crippen LogP contribution in [-0.2, 0) is 19.1 Å². The number of carbonyl (C=O) groups excluding carboxylic acids is 2. The highest BCUT2D eigenvalue weighted by Crippen LogP contribution is 2.37. The summed E-state index contributed by atoms with van der Waals surface area (Å²) >= 11 is 3.27. The maximum Gasteiger partial charge on any atom is 0.343 e.